The van der Waals surface area contributed by atoms with Crippen molar-refractivity contribution in [3.8, 4) is 0 Å². The Morgan fingerprint density at radius 2 is 2.12 bits per heavy atom. The Hall–Kier alpha value is -2.91. The quantitative estimate of drug-likeness (QED) is 0.216. The lowest BCUT2D eigenvalue weighted by molar-refractivity contribution is -0.176. The summed E-state index contributed by atoms with van der Waals surface area (Å²) >= 11 is 7.66. The summed E-state index contributed by atoms with van der Waals surface area (Å²) in [5.41, 5.74) is -0.651. The van der Waals surface area contributed by atoms with Crippen molar-refractivity contribution in [3.63, 3.8) is 0 Å². The summed E-state index contributed by atoms with van der Waals surface area (Å²) < 4.78 is -0.832. The van der Waals surface area contributed by atoms with Gasteiger partial charge in [0, 0.05) is 16.7 Å². The van der Waals surface area contributed by atoms with E-state index >= 15 is 0 Å². The third-order valence-electron chi connectivity index (χ3n) is 5.55. The third-order valence-corrected chi connectivity index (χ3v) is 8.11. The Morgan fingerprint density at radius 3 is 2.71 bits per heavy atom. The molecule has 0 radical (unpaired) electrons. The van der Waals surface area contributed by atoms with Crippen molar-refractivity contribution in [2.75, 3.05) is 24.3 Å². The fourth-order valence-electron chi connectivity index (χ4n) is 4.09. The molecule has 16 heteroatoms. The highest BCUT2D eigenvalue weighted by Gasteiger charge is 2.67. The molecule has 3 saturated heterocycles. The van der Waals surface area contributed by atoms with Crippen LogP contribution >= 0.6 is 34.7 Å². The molecule has 13 nitrogen and oxygen atoms in total. The first-order chi connectivity index (χ1) is 16.0. The van der Waals surface area contributed by atoms with Gasteiger partial charge in [-0.25, -0.2) is 24.6 Å². The van der Waals surface area contributed by atoms with Crippen molar-refractivity contribution in [1.29, 1.82) is 5.41 Å². The van der Waals surface area contributed by atoms with Crippen LogP contribution in [0.1, 0.15) is 19.5 Å². The van der Waals surface area contributed by atoms with Gasteiger partial charge in [-0.15, -0.1) is 34.7 Å². The van der Waals surface area contributed by atoms with Gasteiger partial charge in [-0.1, -0.05) is 0 Å². The number of β-lactam (4-membered cyclic amide) rings is 1. The molecule has 0 bridgehead atoms. The van der Waals surface area contributed by atoms with E-state index in [9.17, 15) is 29.1 Å². The molecule has 1 aromatic heterocycles. The van der Waals surface area contributed by atoms with E-state index in [-0.39, 0.29) is 29.8 Å². The van der Waals surface area contributed by atoms with Crippen molar-refractivity contribution in [3.05, 3.63) is 11.1 Å². The van der Waals surface area contributed by atoms with E-state index in [0.717, 1.165) is 21.4 Å². The van der Waals surface area contributed by atoms with E-state index in [1.165, 1.54) is 22.0 Å². The van der Waals surface area contributed by atoms with Crippen LogP contribution in [0.25, 0.3) is 0 Å². The number of hydrogen-bond donors (Lipinski definition) is 4. The van der Waals surface area contributed by atoms with Gasteiger partial charge in [0.1, 0.15) is 28.7 Å². The number of thiazole rings is 1. The van der Waals surface area contributed by atoms with Crippen LogP contribution in [0.5, 0.6) is 0 Å². The number of rotatable bonds is 7. The number of fused-ring (bicyclic) bond motifs is 1. The highest BCUT2D eigenvalue weighted by molar-refractivity contribution is 8.01. The third kappa shape index (κ3) is 3.86. The number of nitrogens with one attached hydrogen (secondary N) is 3. The van der Waals surface area contributed by atoms with E-state index in [2.05, 4.69) is 15.6 Å². The Balaban J connectivity index is 1.63. The topological polar surface area (TPSA) is 176 Å². The van der Waals surface area contributed by atoms with Crippen LogP contribution in [-0.4, -0.2) is 102 Å². The first-order valence-corrected chi connectivity index (χ1v) is 12.3. The Morgan fingerprint density at radius 1 is 1.41 bits per heavy atom. The van der Waals surface area contributed by atoms with Crippen molar-refractivity contribution in [2.24, 2.45) is 0 Å². The maximum Gasteiger partial charge on any atom is 0.336 e. The second-order valence-corrected chi connectivity index (χ2v) is 11.0. The highest BCUT2D eigenvalue weighted by atomic mass is 35.5. The number of carboxylic acids is 1. The van der Waals surface area contributed by atoms with Crippen molar-refractivity contribution < 1.29 is 29.1 Å². The second-order valence-electron chi connectivity index (χ2n) is 8.14. The minimum absolute atomic E-state index is 0.0593. The zero-order chi connectivity index (χ0) is 24.9. The van der Waals surface area contributed by atoms with Gasteiger partial charge in [-0.2, -0.15) is 0 Å². The summed E-state index contributed by atoms with van der Waals surface area (Å²) in [7, 11) is 0. The summed E-state index contributed by atoms with van der Waals surface area (Å²) in [4.78, 5) is 67.6. The molecule has 5 amide bonds. The fourth-order valence-corrected chi connectivity index (χ4v) is 6.54. The van der Waals surface area contributed by atoms with E-state index < -0.39 is 57.6 Å². The minimum atomic E-state index is -1.17. The van der Waals surface area contributed by atoms with E-state index in [1.54, 1.807) is 13.8 Å². The Labute approximate surface area is 206 Å². The number of carbonyl (C=O) groups is 5. The van der Waals surface area contributed by atoms with Crippen molar-refractivity contribution in [2.45, 2.75) is 36.1 Å². The SMILES string of the molecule is CC1(C)S[C@@H]2[C@H](N(C(=O)C(=N)c3csc(NC(=O)CCl)n3)N3CCNC3=O)C(=O)N2[C@H]1C(=O)O. The zero-order valence-electron chi connectivity index (χ0n) is 17.9. The molecule has 0 spiro atoms. The number of amides is 5. The summed E-state index contributed by atoms with van der Waals surface area (Å²) in [6.07, 6.45) is 0. The monoisotopic (exact) mass is 529 g/mol. The van der Waals surface area contributed by atoms with Crippen LogP contribution in [0.3, 0.4) is 0 Å². The van der Waals surface area contributed by atoms with Crippen LogP contribution in [0.2, 0.25) is 0 Å². The first kappa shape index (κ1) is 24.2. The van der Waals surface area contributed by atoms with Crippen LogP contribution < -0.4 is 10.6 Å². The summed E-state index contributed by atoms with van der Waals surface area (Å²) in [5.74, 6) is -3.54. The normalized spacial score (nSPS) is 24.9. The summed E-state index contributed by atoms with van der Waals surface area (Å²) in [5, 5.41) is 25.8. The van der Waals surface area contributed by atoms with Crippen molar-refractivity contribution in [1.82, 2.24) is 25.2 Å². The minimum Gasteiger partial charge on any atom is -0.480 e. The van der Waals surface area contributed by atoms with Crippen LogP contribution in [0.4, 0.5) is 9.93 Å². The largest absolute Gasteiger partial charge is 0.480 e. The molecule has 4 heterocycles. The molecule has 182 valence electrons. The molecule has 0 unspecified atom stereocenters. The number of aromatic nitrogens is 1. The zero-order valence-corrected chi connectivity index (χ0v) is 20.3. The first-order valence-electron chi connectivity index (χ1n) is 10.00. The summed E-state index contributed by atoms with van der Waals surface area (Å²) in [6.45, 7) is 3.70. The van der Waals surface area contributed by atoms with E-state index in [0.29, 0.717) is 0 Å². The van der Waals surface area contributed by atoms with Gasteiger partial charge in [0.2, 0.25) is 5.91 Å². The van der Waals surface area contributed by atoms with Crippen LogP contribution in [0.15, 0.2) is 5.38 Å². The Bertz CT molecular complexity index is 1110. The van der Waals surface area contributed by atoms with Crippen LogP contribution in [-0.2, 0) is 19.2 Å². The van der Waals surface area contributed by atoms with Gasteiger partial charge in [-0.3, -0.25) is 19.8 Å². The number of carbonyl (C=O) groups excluding carboxylic acids is 4. The fraction of sp³-hybridized carbons (Fsp3) is 0.500. The van der Waals surface area contributed by atoms with Crippen molar-refractivity contribution >= 4 is 75.3 Å². The number of anilines is 1. The Kier molecular flexibility index (Phi) is 6.20. The smallest absolute Gasteiger partial charge is 0.336 e. The average Bonchev–Trinajstić information content (AvgIpc) is 3.47. The number of urea groups is 1. The number of nitrogens with zero attached hydrogens (tertiary/aromatic N) is 4. The molecule has 3 aliphatic rings. The van der Waals surface area contributed by atoms with Gasteiger partial charge >= 0.3 is 12.0 Å². The molecule has 0 aromatic carbocycles. The number of alkyl halides is 1. The van der Waals surface area contributed by atoms with Gasteiger partial charge < -0.3 is 20.6 Å². The number of halogens is 1. The standard InChI is InChI=1S/C18H20ClN7O6S2/c1-18(2)11(15(30)31)25-13(29)10(14(25)34-18)26(24-4-3-21-17(24)32)12(28)9(20)7-6-33-16(22-7)23-8(27)5-19/h6,10-11,14,20H,3-5H2,1-2H3,(H,21,32)(H,30,31)(H,22,23,27)/t10-,11+,14-/m1/s1. The number of aliphatic carboxylic acids is 1. The number of hydrogen-bond acceptors (Lipinski definition) is 9. The lowest BCUT2D eigenvalue weighted by Crippen LogP contribution is -2.74. The average molecular weight is 530 g/mol. The molecule has 3 aliphatic heterocycles. The van der Waals surface area contributed by atoms with Gasteiger partial charge in [0.05, 0.1) is 6.54 Å². The number of hydrazine groups is 1. The molecule has 0 saturated carbocycles. The summed E-state index contributed by atoms with van der Waals surface area (Å²) in [6, 6.07) is -2.88. The molecule has 0 aliphatic carbocycles. The maximum atomic E-state index is 13.4. The predicted molar refractivity (Wildman–Crippen MR) is 123 cm³/mol. The molecular formula is C18H20ClN7O6S2. The highest BCUT2D eigenvalue weighted by Crippen LogP contribution is 2.52. The maximum absolute atomic E-state index is 13.4. The van der Waals surface area contributed by atoms with Crippen LogP contribution in [0, 0.1) is 5.41 Å². The van der Waals surface area contributed by atoms with Gasteiger partial charge in [0.15, 0.2) is 11.2 Å². The lowest BCUT2D eigenvalue weighted by atomic mass is 9.95. The molecule has 4 rings (SSSR count). The molecule has 34 heavy (non-hydrogen) atoms. The second kappa shape index (κ2) is 8.70. The lowest BCUT2D eigenvalue weighted by Gasteiger charge is -2.49. The molecule has 3 fully saturated rings. The molecule has 1 aromatic rings. The molecular weight excluding hydrogens is 510 g/mol. The van der Waals surface area contributed by atoms with E-state index in [1.807, 2.05) is 0 Å². The van der Waals surface area contributed by atoms with Gasteiger partial charge in [-0.05, 0) is 13.8 Å². The molecule has 3 atom stereocenters. The van der Waals surface area contributed by atoms with E-state index in [4.69, 9.17) is 17.0 Å². The van der Waals surface area contributed by atoms with Gasteiger partial charge in [0.25, 0.3) is 11.8 Å². The number of carboxylic acid groups (broad SMARTS) is 1. The molecule has 4 N–H and O–H groups in total. The predicted octanol–water partition coefficient (Wildman–Crippen LogP) is -0.0274. The number of thioether (sulfide) groups is 1.